The van der Waals surface area contributed by atoms with Gasteiger partial charge in [0.25, 0.3) is 0 Å². The topological polar surface area (TPSA) is 15.3 Å². The average Bonchev–Trinajstić information content (AvgIpc) is 2.41. The third kappa shape index (κ3) is 4.24. The summed E-state index contributed by atoms with van der Waals surface area (Å²) in [6.45, 7) is 9.02. The van der Waals surface area contributed by atoms with Gasteiger partial charge in [0, 0.05) is 37.3 Å². The van der Waals surface area contributed by atoms with Crippen molar-refractivity contribution in [2.24, 2.45) is 0 Å². The molecule has 118 valence electrons. The molecule has 0 amide bonds. The summed E-state index contributed by atoms with van der Waals surface area (Å²) in [6, 6.07) is 4.25. The van der Waals surface area contributed by atoms with Gasteiger partial charge in [-0.2, -0.15) is 0 Å². The molecule has 21 heavy (non-hydrogen) atoms. The number of halogens is 2. The average molecular weight is 296 g/mol. The summed E-state index contributed by atoms with van der Waals surface area (Å²) in [5.41, 5.74) is 0.796. The van der Waals surface area contributed by atoms with Gasteiger partial charge in [-0.25, -0.2) is 8.78 Å². The van der Waals surface area contributed by atoms with Gasteiger partial charge in [-0.1, -0.05) is 20.3 Å². The maximum absolute atomic E-state index is 13.4. The third-order valence-corrected chi connectivity index (χ3v) is 4.54. The molecule has 1 fully saturated rings. The van der Waals surface area contributed by atoms with Gasteiger partial charge < -0.3 is 5.32 Å². The molecule has 2 nitrogen and oxygen atoms in total. The monoisotopic (exact) mass is 296 g/mol. The molecule has 1 heterocycles. The number of nitrogens with zero attached hydrogens (tertiary/aromatic N) is 1. The van der Waals surface area contributed by atoms with Crippen LogP contribution in [0.15, 0.2) is 18.2 Å². The maximum atomic E-state index is 13.4. The Bertz CT molecular complexity index is 458. The van der Waals surface area contributed by atoms with Crippen molar-refractivity contribution in [2.45, 2.75) is 58.2 Å². The van der Waals surface area contributed by atoms with Crippen LogP contribution in [0.4, 0.5) is 8.78 Å². The molecule has 2 atom stereocenters. The van der Waals surface area contributed by atoms with Crippen LogP contribution >= 0.6 is 0 Å². The minimum atomic E-state index is -0.495. The normalized spacial score (nSPS) is 27.0. The lowest BCUT2D eigenvalue weighted by atomic mass is 9.92. The summed E-state index contributed by atoms with van der Waals surface area (Å²) in [5.74, 6) is -0.990. The first-order valence-corrected chi connectivity index (χ1v) is 7.90. The molecule has 0 aliphatic carbocycles. The molecule has 0 radical (unpaired) electrons. The SMILES string of the molecule is CCCC1CNC(C)(CC)CN1Cc1cc(F)cc(F)c1. The van der Waals surface area contributed by atoms with Crippen molar-refractivity contribution in [3.63, 3.8) is 0 Å². The highest BCUT2D eigenvalue weighted by Crippen LogP contribution is 2.23. The number of hydrogen-bond donors (Lipinski definition) is 1. The second kappa shape index (κ2) is 6.84. The highest BCUT2D eigenvalue weighted by molar-refractivity contribution is 5.18. The fourth-order valence-corrected chi connectivity index (χ4v) is 3.10. The van der Waals surface area contributed by atoms with Gasteiger partial charge in [0.2, 0.25) is 0 Å². The van der Waals surface area contributed by atoms with Gasteiger partial charge in [0.1, 0.15) is 11.6 Å². The summed E-state index contributed by atoms with van der Waals surface area (Å²) >= 11 is 0. The van der Waals surface area contributed by atoms with Crippen LogP contribution < -0.4 is 5.32 Å². The largest absolute Gasteiger partial charge is 0.309 e. The zero-order valence-corrected chi connectivity index (χ0v) is 13.3. The molecule has 1 aliphatic heterocycles. The number of rotatable bonds is 5. The summed E-state index contributed by atoms with van der Waals surface area (Å²) in [6.07, 6.45) is 3.26. The maximum Gasteiger partial charge on any atom is 0.126 e. The van der Waals surface area contributed by atoms with Crippen LogP contribution in [0.1, 0.15) is 45.6 Å². The highest BCUT2D eigenvalue weighted by atomic mass is 19.1. The van der Waals surface area contributed by atoms with Crippen LogP contribution in [0.25, 0.3) is 0 Å². The molecule has 1 aromatic carbocycles. The number of nitrogens with one attached hydrogen (secondary N) is 1. The molecule has 2 unspecified atom stereocenters. The Morgan fingerprint density at radius 1 is 1.24 bits per heavy atom. The van der Waals surface area contributed by atoms with Crippen LogP contribution in [0.2, 0.25) is 0 Å². The van der Waals surface area contributed by atoms with Gasteiger partial charge in [-0.05, 0) is 37.5 Å². The van der Waals surface area contributed by atoms with Crippen molar-refractivity contribution in [3.05, 3.63) is 35.4 Å². The smallest absolute Gasteiger partial charge is 0.126 e. The lowest BCUT2D eigenvalue weighted by molar-refractivity contribution is 0.0724. The van der Waals surface area contributed by atoms with Gasteiger partial charge in [0.15, 0.2) is 0 Å². The molecular formula is C17H26F2N2. The standard InChI is InChI=1S/C17H26F2N2/c1-4-6-16-10-20-17(3,5-2)12-21(16)11-13-7-14(18)9-15(19)8-13/h7-9,16,20H,4-6,10-12H2,1-3H3. The van der Waals surface area contributed by atoms with Crippen LogP contribution in [-0.4, -0.2) is 29.6 Å². The second-order valence-corrected chi connectivity index (χ2v) is 6.42. The summed E-state index contributed by atoms with van der Waals surface area (Å²) in [5, 5.41) is 3.63. The van der Waals surface area contributed by atoms with Crippen LogP contribution in [0, 0.1) is 11.6 Å². The Morgan fingerprint density at radius 2 is 1.90 bits per heavy atom. The Morgan fingerprint density at radius 3 is 2.48 bits per heavy atom. The van der Waals surface area contributed by atoms with Crippen molar-refractivity contribution in [3.8, 4) is 0 Å². The molecule has 0 aromatic heterocycles. The van der Waals surface area contributed by atoms with E-state index in [1.807, 2.05) is 0 Å². The zero-order chi connectivity index (χ0) is 15.5. The number of hydrogen-bond acceptors (Lipinski definition) is 2. The summed E-state index contributed by atoms with van der Waals surface area (Å²) in [4.78, 5) is 2.37. The van der Waals surface area contributed by atoms with E-state index in [0.717, 1.165) is 38.4 Å². The fraction of sp³-hybridized carbons (Fsp3) is 0.647. The van der Waals surface area contributed by atoms with E-state index in [1.54, 1.807) is 0 Å². The fourth-order valence-electron chi connectivity index (χ4n) is 3.10. The van der Waals surface area contributed by atoms with Crippen molar-refractivity contribution in [1.29, 1.82) is 0 Å². The van der Waals surface area contributed by atoms with E-state index < -0.39 is 11.6 Å². The minimum Gasteiger partial charge on any atom is -0.309 e. The highest BCUT2D eigenvalue weighted by Gasteiger charge is 2.33. The van der Waals surface area contributed by atoms with E-state index in [-0.39, 0.29) is 5.54 Å². The molecular weight excluding hydrogens is 270 g/mol. The number of benzene rings is 1. The van der Waals surface area contributed by atoms with E-state index in [9.17, 15) is 8.78 Å². The van der Waals surface area contributed by atoms with Gasteiger partial charge >= 0.3 is 0 Å². The lowest BCUT2D eigenvalue weighted by Crippen LogP contribution is -2.62. The summed E-state index contributed by atoms with van der Waals surface area (Å²) in [7, 11) is 0. The predicted octanol–water partition coefficient (Wildman–Crippen LogP) is 3.71. The first-order valence-electron chi connectivity index (χ1n) is 7.90. The van der Waals surface area contributed by atoms with Crippen molar-refractivity contribution < 1.29 is 8.78 Å². The van der Waals surface area contributed by atoms with Crippen LogP contribution in [-0.2, 0) is 6.54 Å². The predicted molar refractivity (Wildman–Crippen MR) is 82.2 cm³/mol. The first-order chi connectivity index (χ1) is 9.95. The Kier molecular flexibility index (Phi) is 5.33. The molecule has 1 saturated heterocycles. The Labute approximate surface area is 126 Å². The third-order valence-electron chi connectivity index (χ3n) is 4.54. The number of piperazine rings is 1. The molecule has 1 aliphatic rings. The first kappa shape index (κ1) is 16.4. The van der Waals surface area contributed by atoms with Crippen LogP contribution in [0.3, 0.4) is 0 Å². The van der Waals surface area contributed by atoms with E-state index in [4.69, 9.17) is 0 Å². The molecule has 2 rings (SSSR count). The minimum absolute atomic E-state index is 0.0795. The molecule has 0 spiro atoms. The zero-order valence-electron chi connectivity index (χ0n) is 13.3. The van der Waals surface area contributed by atoms with Gasteiger partial charge in [-0.15, -0.1) is 0 Å². The van der Waals surface area contributed by atoms with Crippen molar-refractivity contribution in [1.82, 2.24) is 10.2 Å². The Hall–Kier alpha value is -1.00. The summed E-state index contributed by atoms with van der Waals surface area (Å²) < 4.78 is 26.7. The van der Waals surface area contributed by atoms with E-state index >= 15 is 0 Å². The molecule has 1 N–H and O–H groups in total. The lowest BCUT2D eigenvalue weighted by Gasteiger charge is -2.46. The van der Waals surface area contributed by atoms with E-state index in [1.165, 1.54) is 12.1 Å². The second-order valence-electron chi connectivity index (χ2n) is 6.42. The molecule has 0 bridgehead atoms. The molecule has 1 aromatic rings. The van der Waals surface area contributed by atoms with Gasteiger partial charge in [-0.3, -0.25) is 4.90 Å². The quantitative estimate of drug-likeness (QED) is 0.891. The van der Waals surface area contributed by atoms with Crippen LogP contribution in [0.5, 0.6) is 0 Å². The van der Waals surface area contributed by atoms with Crippen molar-refractivity contribution in [2.75, 3.05) is 13.1 Å². The van der Waals surface area contributed by atoms with Gasteiger partial charge in [0.05, 0.1) is 0 Å². The molecule has 4 heteroatoms. The van der Waals surface area contributed by atoms with E-state index in [2.05, 4.69) is 31.0 Å². The van der Waals surface area contributed by atoms with Crippen molar-refractivity contribution >= 4 is 0 Å². The van der Waals surface area contributed by atoms with E-state index in [0.29, 0.717) is 18.2 Å². The Balaban J connectivity index is 2.15. The molecule has 0 saturated carbocycles.